The molecule has 0 radical (unpaired) electrons. The van der Waals surface area contributed by atoms with Gasteiger partial charge < -0.3 is 5.32 Å². The van der Waals surface area contributed by atoms with Gasteiger partial charge in [-0.1, -0.05) is 68.3 Å². The highest BCUT2D eigenvalue weighted by atomic mass is 79.9. The van der Waals surface area contributed by atoms with Crippen LogP contribution in [0.5, 0.6) is 0 Å². The Morgan fingerprint density at radius 1 is 1.09 bits per heavy atom. The fourth-order valence-corrected chi connectivity index (χ4v) is 2.81. The van der Waals surface area contributed by atoms with Crippen molar-refractivity contribution in [3.63, 3.8) is 0 Å². The number of hydrogen-bond acceptors (Lipinski definition) is 3. The molecule has 0 heterocycles. The number of nitro benzene ring substituents is 1. The van der Waals surface area contributed by atoms with E-state index >= 15 is 0 Å². The molecule has 7 heteroatoms. The molecule has 2 aromatic carbocycles. The number of carbonyl (C=O) groups is 1. The topological polar surface area (TPSA) is 72.2 Å². The zero-order valence-corrected chi connectivity index (χ0v) is 14.5. The zero-order valence-electron chi connectivity index (χ0n) is 11.3. The molecule has 0 bridgehead atoms. The molecule has 22 heavy (non-hydrogen) atoms. The number of alkyl halides is 2. The SMILES string of the molecule is O=C(Nc1cccc([N+](=O)[O-])c1)C(Br)C(Br)c1ccccc1. The van der Waals surface area contributed by atoms with Crippen LogP contribution in [0.15, 0.2) is 54.6 Å². The van der Waals surface area contributed by atoms with Crippen LogP contribution in [0, 0.1) is 10.1 Å². The Kier molecular flexibility index (Phi) is 5.68. The van der Waals surface area contributed by atoms with Crippen LogP contribution in [0.2, 0.25) is 0 Å². The van der Waals surface area contributed by atoms with Crippen molar-refractivity contribution in [3.05, 3.63) is 70.3 Å². The molecular weight excluding hydrogens is 416 g/mol. The Labute approximate surface area is 144 Å². The number of rotatable bonds is 5. The summed E-state index contributed by atoms with van der Waals surface area (Å²) in [4.78, 5) is 21.8. The second-order valence-corrected chi connectivity index (χ2v) is 6.48. The molecule has 0 spiro atoms. The van der Waals surface area contributed by atoms with Gasteiger partial charge in [0.05, 0.1) is 9.75 Å². The molecule has 0 saturated carbocycles. The number of carbonyl (C=O) groups excluding carboxylic acids is 1. The minimum absolute atomic E-state index is 0.0672. The number of nitrogens with zero attached hydrogens (tertiary/aromatic N) is 1. The fourth-order valence-electron chi connectivity index (χ4n) is 1.85. The van der Waals surface area contributed by atoms with Gasteiger partial charge in [-0.2, -0.15) is 0 Å². The number of amides is 1. The van der Waals surface area contributed by atoms with Gasteiger partial charge in [-0.15, -0.1) is 0 Å². The highest BCUT2D eigenvalue weighted by Crippen LogP contribution is 2.32. The maximum absolute atomic E-state index is 12.3. The standard InChI is InChI=1S/C15H12Br2N2O3/c16-13(10-5-2-1-3-6-10)14(17)15(20)18-11-7-4-8-12(9-11)19(21)22/h1-9,13-14H,(H,18,20). The predicted molar refractivity (Wildman–Crippen MR) is 92.6 cm³/mol. The van der Waals surface area contributed by atoms with E-state index in [2.05, 4.69) is 37.2 Å². The van der Waals surface area contributed by atoms with Gasteiger partial charge >= 0.3 is 0 Å². The fraction of sp³-hybridized carbons (Fsp3) is 0.133. The van der Waals surface area contributed by atoms with Gasteiger partial charge in [0, 0.05) is 17.8 Å². The van der Waals surface area contributed by atoms with Gasteiger partial charge in [0.2, 0.25) is 5.91 Å². The molecule has 2 rings (SSSR count). The molecule has 2 aromatic rings. The lowest BCUT2D eigenvalue weighted by Crippen LogP contribution is -2.26. The molecule has 2 unspecified atom stereocenters. The smallest absolute Gasteiger partial charge is 0.271 e. The summed E-state index contributed by atoms with van der Waals surface area (Å²) in [6.07, 6.45) is 0. The molecule has 0 aliphatic carbocycles. The first-order chi connectivity index (χ1) is 10.5. The van der Waals surface area contributed by atoms with E-state index < -0.39 is 9.75 Å². The molecule has 0 saturated heterocycles. The van der Waals surface area contributed by atoms with E-state index in [0.29, 0.717) is 5.69 Å². The third-order valence-corrected chi connectivity index (χ3v) is 5.66. The van der Waals surface area contributed by atoms with Gasteiger partial charge in [-0.25, -0.2) is 0 Å². The highest BCUT2D eigenvalue weighted by molar-refractivity contribution is 9.12. The minimum Gasteiger partial charge on any atom is -0.325 e. The van der Waals surface area contributed by atoms with E-state index in [-0.39, 0.29) is 16.4 Å². The van der Waals surface area contributed by atoms with E-state index in [9.17, 15) is 14.9 Å². The predicted octanol–water partition coefficient (Wildman–Crippen LogP) is 4.43. The summed E-state index contributed by atoms with van der Waals surface area (Å²) in [5.41, 5.74) is 1.28. The Balaban J connectivity index is 2.08. The Morgan fingerprint density at radius 3 is 2.41 bits per heavy atom. The number of nitro groups is 1. The summed E-state index contributed by atoms with van der Waals surface area (Å²) in [5.74, 6) is -0.286. The molecule has 0 aliphatic heterocycles. The van der Waals surface area contributed by atoms with E-state index in [4.69, 9.17) is 0 Å². The molecule has 0 fully saturated rings. The van der Waals surface area contributed by atoms with Crippen molar-refractivity contribution in [1.82, 2.24) is 0 Å². The Hall–Kier alpha value is -1.73. The summed E-state index contributed by atoms with van der Waals surface area (Å²) >= 11 is 6.84. The lowest BCUT2D eigenvalue weighted by molar-refractivity contribution is -0.384. The van der Waals surface area contributed by atoms with Gasteiger partial charge in [0.1, 0.15) is 4.83 Å². The molecule has 1 N–H and O–H groups in total. The number of hydrogen-bond donors (Lipinski definition) is 1. The average molecular weight is 428 g/mol. The van der Waals surface area contributed by atoms with Gasteiger partial charge in [-0.3, -0.25) is 14.9 Å². The molecular formula is C15H12Br2N2O3. The van der Waals surface area contributed by atoms with Crippen LogP contribution in [0.3, 0.4) is 0 Å². The van der Waals surface area contributed by atoms with Crippen molar-refractivity contribution in [2.75, 3.05) is 5.32 Å². The zero-order chi connectivity index (χ0) is 16.1. The summed E-state index contributed by atoms with van der Waals surface area (Å²) in [6.45, 7) is 0. The van der Waals surface area contributed by atoms with Crippen LogP contribution in [0.25, 0.3) is 0 Å². The van der Waals surface area contributed by atoms with E-state index in [0.717, 1.165) is 5.56 Å². The summed E-state index contributed by atoms with van der Waals surface area (Å²) < 4.78 is 0. The van der Waals surface area contributed by atoms with E-state index in [1.54, 1.807) is 6.07 Å². The van der Waals surface area contributed by atoms with Crippen molar-refractivity contribution in [3.8, 4) is 0 Å². The molecule has 2 atom stereocenters. The molecule has 1 amide bonds. The van der Waals surface area contributed by atoms with Crippen LogP contribution >= 0.6 is 31.9 Å². The first-order valence-corrected chi connectivity index (χ1v) is 8.20. The van der Waals surface area contributed by atoms with Crippen molar-refractivity contribution in [1.29, 1.82) is 0 Å². The number of halogens is 2. The van der Waals surface area contributed by atoms with Crippen molar-refractivity contribution >= 4 is 49.1 Å². The first-order valence-electron chi connectivity index (χ1n) is 6.37. The Bertz CT molecular complexity index is 679. The summed E-state index contributed by atoms with van der Waals surface area (Å²) in [7, 11) is 0. The maximum atomic E-state index is 12.3. The van der Waals surface area contributed by atoms with Gasteiger partial charge in [0.15, 0.2) is 0 Å². The normalized spacial score (nSPS) is 13.2. The molecule has 114 valence electrons. The largest absolute Gasteiger partial charge is 0.325 e. The third kappa shape index (κ3) is 4.14. The Morgan fingerprint density at radius 2 is 1.77 bits per heavy atom. The molecule has 0 aliphatic rings. The summed E-state index contributed by atoms with van der Waals surface area (Å²) in [6, 6.07) is 15.3. The van der Waals surface area contributed by atoms with Crippen LogP contribution in [0.1, 0.15) is 10.4 Å². The maximum Gasteiger partial charge on any atom is 0.271 e. The minimum atomic E-state index is -0.519. The lowest BCUT2D eigenvalue weighted by Gasteiger charge is -2.17. The van der Waals surface area contributed by atoms with Gasteiger partial charge in [0.25, 0.3) is 5.69 Å². The lowest BCUT2D eigenvalue weighted by atomic mass is 10.1. The number of benzene rings is 2. The van der Waals surface area contributed by atoms with E-state index in [1.165, 1.54) is 18.2 Å². The van der Waals surface area contributed by atoms with Crippen molar-refractivity contribution in [2.45, 2.75) is 9.65 Å². The van der Waals surface area contributed by atoms with Crippen LogP contribution in [0.4, 0.5) is 11.4 Å². The monoisotopic (exact) mass is 426 g/mol. The van der Waals surface area contributed by atoms with Gasteiger partial charge in [-0.05, 0) is 11.6 Å². The molecule has 5 nitrogen and oxygen atoms in total. The quantitative estimate of drug-likeness (QED) is 0.435. The average Bonchev–Trinajstić information content (AvgIpc) is 2.54. The first kappa shape index (κ1) is 16.6. The molecule has 0 aromatic heterocycles. The number of non-ortho nitro benzene ring substituents is 1. The second-order valence-electron chi connectivity index (χ2n) is 4.51. The van der Waals surface area contributed by atoms with Crippen LogP contribution in [-0.4, -0.2) is 15.7 Å². The number of nitrogens with one attached hydrogen (secondary N) is 1. The second kappa shape index (κ2) is 7.51. The van der Waals surface area contributed by atoms with Crippen molar-refractivity contribution in [2.24, 2.45) is 0 Å². The number of anilines is 1. The highest BCUT2D eigenvalue weighted by Gasteiger charge is 2.25. The third-order valence-electron chi connectivity index (χ3n) is 2.95. The summed E-state index contributed by atoms with van der Waals surface area (Å²) in [5, 5.41) is 13.4. The van der Waals surface area contributed by atoms with Crippen molar-refractivity contribution < 1.29 is 9.72 Å². The van der Waals surface area contributed by atoms with Crippen LogP contribution < -0.4 is 5.32 Å². The van der Waals surface area contributed by atoms with Crippen LogP contribution in [-0.2, 0) is 4.79 Å². The van der Waals surface area contributed by atoms with E-state index in [1.807, 2.05) is 30.3 Å².